The molecule has 1 aliphatic heterocycles. The lowest BCUT2D eigenvalue weighted by Gasteiger charge is -2.37. The lowest BCUT2D eigenvalue weighted by molar-refractivity contribution is 0.103. The molecule has 1 aromatic rings. The van der Waals surface area contributed by atoms with E-state index < -0.39 is 0 Å². The highest BCUT2D eigenvalue weighted by Gasteiger charge is 2.19. The van der Waals surface area contributed by atoms with Crippen molar-refractivity contribution >= 4 is 5.69 Å². The SMILES string of the molecule is CC1CN(CCCn2cc(N)ccc2=O)CCN1C. The van der Waals surface area contributed by atoms with Crippen molar-refractivity contribution in [1.82, 2.24) is 14.4 Å². The molecule has 1 fully saturated rings. The van der Waals surface area contributed by atoms with E-state index in [2.05, 4.69) is 23.8 Å². The molecule has 5 nitrogen and oxygen atoms in total. The number of aryl methyl sites for hydroxylation is 1. The maximum atomic E-state index is 11.6. The van der Waals surface area contributed by atoms with Gasteiger partial charge in [-0.3, -0.25) is 4.79 Å². The van der Waals surface area contributed by atoms with E-state index in [9.17, 15) is 4.79 Å². The number of nitrogens with zero attached hydrogens (tertiary/aromatic N) is 3. The first-order valence-electron chi connectivity index (χ1n) is 6.95. The number of piperazine rings is 1. The smallest absolute Gasteiger partial charge is 0.250 e. The van der Waals surface area contributed by atoms with Gasteiger partial charge < -0.3 is 20.1 Å². The molecule has 1 aliphatic rings. The van der Waals surface area contributed by atoms with E-state index in [0.717, 1.165) is 39.1 Å². The van der Waals surface area contributed by atoms with Gasteiger partial charge in [-0.1, -0.05) is 0 Å². The Morgan fingerprint density at radius 3 is 2.84 bits per heavy atom. The fourth-order valence-electron chi connectivity index (χ4n) is 2.52. The van der Waals surface area contributed by atoms with E-state index in [1.807, 2.05) is 0 Å². The molecule has 0 radical (unpaired) electrons. The fraction of sp³-hybridized carbons (Fsp3) is 0.643. The Balaban J connectivity index is 1.80. The van der Waals surface area contributed by atoms with Crippen molar-refractivity contribution in [2.24, 2.45) is 0 Å². The zero-order valence-electron chi connectivity index (χ0n) is 11.9. The average Bonchev–Trinajstić information content (AvgIpc) is 2.38. The van der Waals surface area contributed by atoms with Crippen molar-refractivity contribution in [3.63, 3.8) is 0 Å². The van der Waals surface area contributed by atoms with E-state index in [1.54, 1.807) is 16.8 Å². The van der Waals surface area contributed by atoms with Crippen LogP contribution in [0.15, 0.2) is 23.1 Å². The van der Waals surface area contributed by atoms with Crippen LogP contribution >= 0.6 is 0 Å². The van der Waals surface area contributed by atoms with Crippen LogP contribution in [-0.2, 0) is 6.54 Å². The minimum Gasteiger partial charge on any atom is -0.398 e. The highest BCUT2D eigenvalue weighted by Crippen LogP contribution is 2.07. The lowest BCUT2D eigenvalue weighted by atomic mass is 10.2. The predicted octanol–water partition coefficient (Wildman–Crippen LogP) is 0.457. The van der Waals surface area contributed by atoms with Crippen LogP contribution < -0.4 is 11.3 Å². The van der Waals surface area contributed by atoms with Gasteiger partial charge in [0.05, 0.1) is 0 Å². The summed E-state index contributed by atoms with van der Waals surface area (Å²) in [4.78, 5) is 16.5. The van der Waals surface area contributed by atoms with Crippen LogP contribution in [0, 0.1) is 0 Å². The van der Waals surface area contributed by atoms with Gasteiger partial charge in [0.25, 0.3) is 5.56 Å². The highest BCUT2D eigenvalue weighted by molar-refractivity contribution is 5.33. The van der Waals surface area contributed by atoms with Crippen LogP contribution in [0.5, 0.6) is 0 Å². The first-order valence-corrected chi connectivity index (χ1v) is 6.95. The zero-order valence-corrected chi connectivity index (χ0v) is 11.9. The Labute approximate surface area is 114 Å². The van der Waals surface area contributed by atoms with Gasteiger partial charge in [0.2, 0.25) is 0 Å². The van der Waals surface area contributed by atoms with Crippen LogP contribution in [0.25, 0.3) is 0 Å². The lowest BCUT2D eigenvalue weighted by Crippen LogP contribution is -2.50. The van der Waals surface area contributed by atoms with E-state index >= 15 is 0 Å². The Kier molecular flexibility index (Phi) is 4.61. The topological polar surface area (TPSA) is 54.5 Å². The standard InChI is InChI=1S/C14H24N4O/c1-12-10-17(9-8-16(12)2)6-3-7-18-11-13(15)4-5-14(18)19/h4-5,11-12H,3,6-10,15H2,1-2H3. The normalized spacial score (nSPS) is 21.7. The van der Waals surface area contributed by atoms with E-state index in [-0.39, 0.29) is 5.56 Å². The van der Waals surface area contributed by atoms with Crippen molar-refractivity contribution in [3.05, 3.63) is 28.7 Å². The Morgan fingerprint density at radius 1 is 1.32 bits per heavy atom. The number of nitrogen functional groups attached to an aromatic ring is 1. The molecule has 0 aliphatic carbocycles. The van der Waals surface area contributed by atoms with E-state index in [0.29, 0.717) is 11.7 Å². The summed E-state index contributed by atoms with van der Waals surface area (Å²) in [5, 5.41) is 0. The third-order valence-electron chi connectivity index (χ3n) is 3.92. The van der Waals surface area contributed by atoms with Gasteiger partial charge in [0.1, 0.15) is 0 Å². The monoisotopic (exact) mass is 264 g/mol. The quantitative estimate of drug-likeness (QED) is 0.858. The number of likely N-dealkylation sites (N-methyl/N-ethyl adjacent to an activating group) is 1. The number of hydrogen-bond acceptors (Lipinski definition) is 4. The summed E-state index contributed by atoms with van der Waals surface area (Å²) in [6.07, 6.45) is 2.72. The molecule has 1 saturated heterocycles. The zero-order chi connectivity index (χ0) is 13.8. The molecular formula is C14H24N4O. The summed E-state index contributed by atoms with van der Waals surface area (Å²) in [6.45, 7) is 7.40. The first kappa shape index (κ1) is 14.1. The summed E-state index contributed by atoms with van der Waals surface area (Å²) in [5.41, 5.74) is 6.37. The van der Waals surface area contributed by atoms with Gasteiger partial charge in [0.15, 0.2) is 0 Å². The summed E-state index contributed by atoms with van der Waals surface area (Å²) in [5.74, 6) is 0. The molecule has 0 amide bonds. The van der Waals surface area contributed by atoms with Gasteiger partial charge in [-0.2, -0.15) is 0 Å². The van der Waals surface area contributed by atoms with Crippen molar-refractivity contribution < 1.29 is 0 Å². The fourth-order valence-corrected chi connectivity index (χ4v) is 2.52. The molecule has 2 N–H and O–H groups in total. The second-order valence-electron chi connectivity index (χ2n) is 5.48. The van der Waals surface area contributed by atoms with Crippen LogP contribution in [0.2, 0.25) is 0 Å². The molecule has 1 aromatic heterocycles. The van der Waals surface area contributed by atoms with Crippen molar-refractivity contribution in [2.45, 2.75) is 25.9 Å². The molecule has 1 atom stereocenters. The molecule has 1 unspecified atom stereocenters. The molecule has 2 heterocycles. The molecular weight excluding hydrogens is 240 g/mol. The number of anilines is 1. The van der Waals surface area contributed by atoms with Gasteiger partial charge >= 0.3 is 0 Å². The second kappa shape index (κ2) is 6.21. The van der Waals surface area contributed by atoms with Gasteiger partial charge in [-0.05, 0) is 33.0 Å². The van der Waals surface area contributed by atoms with E-state index in [4.69, 9.17) is 5.73 Å². The summed E-state index contributed by atoms with van der Waals surface area (Å²) < 4.78 is 1.70. The summed E-state index contributed by atoms with van der Waals surface area (Å²) >= 11 is 0. The molecule has 0 bridgehead atoms. The van der Waals surface area contributed by atoms with Crippen LogP contribution in [0.3, 0.4) is 0 Å². The number of nitrogens with two attached hydrogens (primary N) is 1. The number of aromatic nitrogens is 1. The third kappa shape index (κ3) is 3.81. The predicted molar refractivity (Wildman–Crippen MR) is 78.3 cm³/mol. The molecule has 5 heteroatoms. The van der Waals surface area contributed by atoms with Crippen LogP contribution in [0.1, 0.15) is 13.3 Å². The molecule has 0 aromatic carbocycles. The second-order valence-corrected chi connectivity index (χ2v) is 5.48. The summed E-state index contributed by atoms with van der Waals surface area (Å²) in [7, 11) is 2.17. The third-order valence-corrected chi connectivity index (χ3v) is 3.92. The minimum atomic E-state index is 0.0287. The average molecular weight is 264 g/mol. The maximum Gasteiger partial charge on any atom is 0.250 e. The minimum absolute atomic E-state index is 0.0287. The molecule has 0 saturated carbocycles. The largest absolute Gasteiger partial charge is 0.398 e. The molecule has 106 valence electrons. The number of pyridine rings is 1. The molecule has 2 rings (SSSR count). The van der Waals surface area contributed by atoms with Crippen molar-refractivity contribution in [3.8, 4) is 0 Å². The number of rotatable bonds is 4. The maximum absolute atomic E-state index is 11.6. The Morgan fingerprint density at radius 2 is 2.11 bits per heavy atom. The Hall–Kier alpha value is -1.33. The van der Waals surface area contributed by atoms with Crippen LogP contribution in [-0.4, -0.2) is 53.6 Å². The van der Waals surface area contributed by atoms with Crippen molar-refractivity contribution in [1.29, 1.82) is 0 Å². The molecule has 0 spiro atoms. The van der Waals surface area contributed by atoms with Crippen molar-refractivity contribution in [2.75, 3.05) is 39.0 Å². The van der Waals surface area contributed by atoms with E-state index in [1.165, 1.54) is 6.07 Å². The van der Waals surface area contributed by atoms with Gasteiger partial charge in [-0.15, -0.1) is 0 Å². The summed E-state index contributed by atoms with van der Waals surface area (Å²) in [6, 6.07) is 3.80. The van der Waals surface area contributed by atoms with Crippen LogP contribution in [0.4, 0.5) is 5.69 Å². The Bertz CT molecular complexity index is 471. The first-order chi connectivity index (χ1) is 9.06. The number of hydrogen-bond donors (Lipinski definition) is 1. The van der Waals surface area contributed by atoms with Gasteiger partial charge in [0, 0.05) is 50.2 Å². The molecule has 19 heavy (non-hydrogen) atoms. The van der Waals surface area contributed by atoms with Gasteiger partial charge in [-0.25, -0.2) is 0 Å². The highest BCUT2D eigenvalue weighted by atomic mass is 16.1.